The van der Waals surface area contributed by atoms with Gasteiger partial charge in [-0.25, -0.2) is 14.6 Å². The summed E-state index contributed by atoms with van der Waals surface area (Å²) in [4.78, 5) is 133. The van der Waals surface area contributed by atoms with E-state index in [-0.39, 0.29) is 144 Å². The number of ketones is 3. The number of unbranched alkanes of at least 4 members (excludes halogenated alkanes) is 1. The van der Waals surface area contributed by atoms with Crippen LogP contribution >= 0.6 is 0 Å². The van der Waals surface area contributed by atoms with Crippen LogP contribution in [0.1, 0.15) is 142 Å². The molecule has 11 N–H and O–H groups in total. The molecule has 0 radical (unpaired) electrons. The Hall–Kier alpha value is -9.65. The van der Waals surface area contributed by atoms with Gasteiger partial charge in [-0.05, 0) is 162 Å². The summed E-state index contributed by atoms with van der Waals surface area (Å²) in [7, 11) is 3.78. The number of esters is 2. The van der Waals surface area contributed by atoms with Crippen molar-refractivity contribution in [2.75, 3.05) is 46.9 Å². The number of hydrogen-bond acceptors (Lipinski definition) is 17. The number of rotatable bonds is 34. The number of guanidine groups is 2. The molecular weight excluding hydrogens is 1240 g/mol. The zero-order valence-electron chi connectivity index (χ0n) is 55.6. The highest BCUT2D eigenvalue weighted by Crippen LogP contribution is 2.64. The molecule has 3 heterocycles. The molecule has 3 aliphatic heterocycles. The molecule has 2 saturated heterocycles. The third kappa shape index (κ3) is 18.9. The fourth-order valence-corrected chi connectivity index (χ4v) is 14.2. The minimum absolute atomic E-state index is 0.0105. The van der Waals surface area contributed by atoms with Crippen molar-refractivity contribution in [3.63, 3.8) is 0 Å². The standard InChI is InChI=1S/C72H91N11O14/c1-44(84)16-31-61(87)81-56(15-10-36-79-69(73)74)58(86)28-24-52-40-50(32-37-83(52)71(92)96-60-30-27-55-57-41-48-21-29-59(93-3)64-63(48)72(55,65(60)97-64)33-38-82(57)2)67(90)77-34-8-7-13-49(42-62(88)94-43-46-11-5-4-6-12-46)66(89)78-35-9-14-53(85)39-45-17-25-54(26-18-45)95-68(91)47-19-22-51(23-20-47)80-70(75)76/h4-6,11-12,17-23,25-26,29-30,49-50,52,55-57,65H,7-10,13-16,24,27-28,31-43H2,1-3H3,(H,77,90)(H,78,89)(H,81,87)(H4,73,74,79)(H4,75,76,80)/t49-,50?,52?,55+,56-,57-,65+,72+/m1/s1. The van der Waals surface area contributed by atoms with Crippen LogP contribution in [0, 0.1) is 17.8 Å². The molecule has 25 nitrogen and oxygen atoms in total. The van der Waals surface area contributed by atoms with Crippen molar-refractivity contribution in [2.45, 2.75) is 159 Å². The Morgan fingerprint density at radius 2 is 1.55 bits per heavy atom. The van der Waals surface area contributed by atoms with Gasteiger partial charge in [0.2, 0.25) is 17.7 Å². The van der Waals surface area contributed by atoms with Gasteiger partial charge in [0.05, 0.1) is 30.8 Å². The van der Waals surface area contributed by atoms with Gasteiger partial charge in [0.15, 0.2) is 35.3 Å². The second-order valence-corrected chi connectivity index (χ2v) is 25.9. The number of carbonyl (C=O) groups is 9. The monoisotopic (exact) mass is 1330 g/mol. The smallest absolute Gasteiger partial charge is 0.415 e. The number of amides is 4. The molecule has 0 aromatic heterocycles. The van der Waals surface area contributed by atoms with Crippen molar-refractivity contribution >= 4 is 70.7 Å². The first kappa shape index (κ1) is 71.6. The number of nitrogens with one attached hydrogen (secondary N) is 3. The maximum atomic E-state index is 14.8. The Balaban J connectivity index is 0.802. The predicted molar refractivity (Wildman–Crippen MR) is 361 cm³/mol. The van der Waals surface area contributed by atoms with E-state index >= 15 is 0 Å². The largest absolute Gasteiger partial charge is 0.493 e. The minimum atomic E-state index is -0.933. The molecular formula is C72H91N11O14. The summed E-state index contributed by atoms with van der Waals surface area (Å²) < 4.78 is 30.3. The maximum Gasteiger partial charge on any atom is 0.415 e. The lowest BCUT2D eigenvalue weighted by Crippen LogP contribution is -2.63. The fraction of sp³-hybridized carbons (Fsp3) is 0.486. The van der Waals surface area contributed by atoms with Crippen LogP contribution in [0.3, 0.4) is 0 Å². The summed E-state index contributed by atoms with van der Waals surface area (Å²) in [6.45, 7) is 3.04. The van der Waals surface area contributed by atoms with Gasteiger partial charge < -0.3 is 77.2 Å². The highest BCUT2D eigenvalue weighted by molar-refractivity contribution is 5.92. The van der Waals surface area contributed by atoms with Crippen LogP contribution in [0.25, 0.3) is 0 Å². The molecule has 2 bridgehead atoms. The number of carbonyl (C=O) groups excluding carboxylic acids is 9. The number of piperidine rings is 2. The van der Waals surface area contributed by atoms with Crippen LogP contribution in [-0.2, 0) is 67.9 Å². The Bertz CT molecular complexity index is 3590. The number of aliphatic imine (C=N–C) groups is 2. The molecule has 9 rings (SSSR count). The average molecular weight is 1330 g/mol. The first-order valence-corrected chi connectivity index (χ1v) is 33.6. The average Bonchev–Trinajstić information content (AvgIpc) is 1.56. The molecule has 1 spiro atoms. The number of methoxy groups -OCH3 is 1. The summed E-state index contributed by atoms with van der Waals surface area (Å²) in [5.74, 6) is -2.05. The lowest BCUT2D eigenvalue weighted by molar-refractivity contribution is -0.148. The Labute approximate surface area is 565 Å². The van der Waals surface area contributed by atoms with E-state index in [9.17, 15) is 43.2 Å². The van der Waals surface area contributed by atoms with Crippen molar-refractivity contribution in [1.29, 1.82) is 0 Å². The number of likely N-dealkylation sites (tertiary alicyclic amines) is 2. The molecule has 518 valence electrons. The van der Waals surface area contributed by atoms with Crippen LogP contribution in [0.4, 0.5) is 10.5 Å². The summed E-state index contributed by atoms with van der Waals surface area (Å²) in [6, 6.07) is 24.8. The van der Waals surface area contributed by atoms with Crippen LogP contribution in [0.5, 0.6) is 17.2 Å². The first-order valence-electron chi connectivity index (χ1n) is 33.6. The third-order valence-corrected chi connectivity index (χ3v) is 19.2. The van der Waals surface area contributed by atoms with E-state index in [1.165, 1.54) is 24.6 Å². The number of nitrogens with two attached hydrogens (primary N) is 4. The molecule has 4 aromatic rings. The van der Waals surface area contributed by atoms with E-state index in [1.54, 1.807) is 48.4 Å². The van der Waals surface area contributed by atoms with Gasteiger partial charge in [0, 0.05) is 93.2 Å². The van der Waals surface area contributed by atoms with Crippen molar-refractivity contribution in [2.24, 2.45) is 50.7 Å². The van der Waals surface area contributed by atoms with Crippen molar-refractivity contribution in [3.8, 4) is 17.2 Å². The normalized spacial score (nSPS) is 20.2. The zero-order valence-corrected chi connectivity index (χ0v) is 55.6. The van der Waals surface area contributed by atoms with E-state index in [4.69, 9.17) is 46.6 Å². The van der Waals surface area contributed by atoms with E-state index < -0.39 is 59.4 Å². The number of Topliss-reactive ketones (excluding diaryl/α,β-unsaturated/α-hetero) is 3. The molecule has 5 aliphatic rings. The van der Waals surface area contributed by atoms with Gasteiger partial charge >= 0.3 is 18.0 Å². The number of nitrogens with zero attached hydrogens (tertiary/aromatic N) is 4. The molecule has 25 heteroatoms. The van der Waals surface area contributed by atoms with E-state index in [0.29, 0.717) is 84.8 Å². The minimum Gasteiger partial charge on any atom is -0.493 e. The number of benzene rings is 4. The molecule has 2 fully saturated rings. The van der Waals surface area contributed by atoms with Crippen molar-refractivity contribution in [3.05, 3.63) is 131 Å². The van der Waals surface area contributed by atoms with Crippen molar-refractivity contribution < 1.29 is 66.8 Å². The summed E-state index contributed by atoms with van der Waals surface area (Å²) >= 11 is 0. The predicted octanol–water partition coefficient (Wildman–Crippen LogP) is 6.20. The molecule has 97 heavy (non-hydrogen) atoms. The fourth-order valence-electron chi connectivity index (χ4n) is 14.2. The maximum absolute atomic E-state index is 14.8. The SMILES string of the molecule is COc1ccc2c3c1O[C@H]1C(OC(=O)N4CCC(C(=O)NCCCC[C@H](CC(=O)OCc5ccccc5)C(=O)NCCCC(=O)Cc5ccc(OC(=O)c6ccc(N=C(N)N)cc6)cc5)CC4CCC(=O)[C@@H](CCCN=C(N)N)NC(=O)CCC(C)=O)=CC[C@H]4[C@@H](C2)N(C)CC[C@]314. The van der Waals surface area contributed by atoms with Gasteiger partial charge in [-0.3, -0.25) is 33.8 Å². The van der Waals surface area contributed by atoms with E-state index in [0.717, 1.165) is 30.5 Å². The molecule has 8 atom stereocenters. The first-order chi connectivity index (χ1) is 46.7. The zero-order chi connectivity index (χ0) is 69.2. The second-order valence-electron chi connectivity index (χ2n) is 25.9. The van der Waals surface area contributed by atoms with Gasteiger partial charge in [-0.2, -0.15) is 0 Å². The number of allylic oxidation sites excluding steroid dienone is 1. The van der Waals surface area contributed by atoms with Gasteiger partial charge in [-0.15, -0.1) is 0 Å². The Kier molecular flexibility index (Phi) is 25.0. The van der Waals surface area contributed by atoms with Gasteiger partial charge in [-0.1, -0.05) is 55.0 Å². The third-order valence-electron chi connectivity index (χ3n) is 19.2. The van der Waals surface area contributed by atoms with E-state index in [1.807, 2.05) is 42.5 Å². The topological polar surface area (TPSA) is 371 Å². The molecule has 2 unspecified atom stereocenters. The number of hydrogen-bond donors (Lipinski definition) is 7. The quantitative estimate of drug-likeness (QED) is 0.00899. The van der Waals surface area contributed by atoms with Crippen LogP contribution in [-0.4, -0.2) is 146 Å². The van der Waals surface area contributed by atoms with Crippen LogP contribution in [0.2, 0.25) is 0 Å². The highest BCUT2D eigenvalue weighted by atomic mass is 16.6. The Morgan fingerprint density at radius 3 is 2.28 bits per heavy atom. The van der Waals surface area contributed by atoms with E-state index in [2.05, 4.69) is 43.9 Å². The molecule has 0 saturated carbocycles. The number of ether oxygens (including phenoxy) is 5. The Morgan fingerprint density at radius 1 is 0.784 bits per heavy atom. The molecule has 2 aliphatic carbocycles. The summed E-state index contributed by atoms with van der Waals surface area (Å²) in [6.07, 6.45) is 5.83. The molecule has 4 amide bonds. The number of likely N-dealkylation sites (N-methyl/N-ethyl adjacent to an activating group) is 1. The van der Waals surface area contributed by atoms with Crippen molar-refractivity contribution in [1.82, 2.24) is 25.8 Å². The highest BCUT2D eigenvalue weighted by Gasteiger charge is 2.65. The summed E-state index contributed by atoms with van der Waals surface area (Å²) in [5, 5.41) is 8.78. The molecule has 4 aromatic carbocycles. The second kappa shape index (κ2) is 33.8. The lowest BCUT2D eigenvalue weighted by Gasteiger charge is -2.56. The van der Waals surface area contributed by atoms with Gasteiger partial charge in [0.25, 0.3) is 0 Å². The summed E-state index contributed by atoms with van der Waals surface area (Å²) in [5.41, 5.74) is 26.1. The van der Waals surface area contributed by atoms with Crippen LogP contribution in [0.15, 0.2) is 113 Å². The van der Waals surface area contributed by atoms with Gasteiger partial charge in [0.1, 0.15) is 29.7 Å². The lowest BCUT2D eigenvalue weighted by atomic mass is 9.53. The van der Waals surface area contributed by atoms with Crippen LogP contribution < -0.4 is 53.1 Å².